The van der Waals surface area contributed by atoms with Gasteiger partial charge in [0.05, 0.1) is 5.75 Å². The fourth-order valence-electron chi connectivity index (χ4n) is 5.75. The van der Waals surface area contributed by atoms with Crippen molar-refractivity contribution in [3.05, 3.63) is 35.4 Å². The Morgan fingerprint density at radius 1 is 1.31 bits per heavy atom. The van der Waals surface area contributed by atoms with Crippen LogP contribution < -0.4 is 5.32 Å². The van der Waals surface area contributed by atoms with Crippen LogP contribution in [0.5, 0.6) is 0 Å². The van der Waals surface area contributed by atoms with Crippen LogP contribution in [0.4, 0.5) is 0 Å². The van der Waals surface area contributed by atoms with E-state index in [9.17, 15) is 18.0 Å². The molecule has 3 aliphatic carbocycles. The summed E-state index contributed by atoms with van der Waals surface area (Å²) in [4.78, 5) is 24.1. The van der Waals surface area contributed by atoms with Gasteiger partial charge in [0.1, 0.15) is 12.3 Å². The minimum Gasteiger partial charge on any atom is -0.352 e. The first-order chi connectivity index (χ1) is 13.6. The number of fused-ring (bicyclic) bond motifs is 2. The van der Waals surface area contributed by atoms with Gasteiger partial charge in [-0.25, -0.2) is 8.42 Å². The molecule has 4 fully saturated rings. The molecule has 0 aromatic heterocycles. The van der Waals surface area contributed by atoms with Gasteiger partial charge in [0.25, 0.3) is 0 Å². The Hall–Kier alpha value is -1.73. The molecule has 4 aliphatic rings. The number of amides is 1. The lowest BCUT2D eigenvalue weighted by molar-refractivity contribution is -0.136. The van der Waals surface area contributed by atoms with E-state index in [4.69, 9.17) is 0 Å². The number of carbonyl (C=O) groups excluding carboxylic acids is 2. The van der Waals surface area contributed by atoms with Gasteiger partial charge < -0.3 is 5.32 Å². The van der Waals surface area contributed by atoms with Crippen LogP contribution in [0.3, 0.4) is 0 Å². The van der Waals surface area contributed by atoms with E-state index in [0.717, 1.165) is 12.7 Å². The second-order valence-corrected chi connectivity index (χ2v) is 11.6. The molecule has 1 amide bonds. The summed E-state index contributed by atoms with van der Waals surface area (Å²) in [6.07, 6.45) is 3.25. The van der Waals surface area contributed by atoms with Gasteiger partial charge in [-0.1, -0.05) is 39.0 Å². The van der Waals surface area contributed by atoms with Crippen molar-refractivity contribution in [1.82, 2.24) is 9.62 Å². The monoisotopic (exact) mass is 418 g/mol. The molecule has 158 valence electrons. The van der Waals surface area contributed by atoms with Gasteiger partial charge in [0, 0.05) is 18.2 Å². The summed E-state index contributed by atoms with van der Waals surface area (Å²) in [7, 11) is -3.49. The number of rotatable bonds is 5. The van der Waals surface area contributed by atoms with E-state index >= 15 is 0 Å². The summed E-state index contributed by atoms with van der Waals surface area (Å²) >= 11 is 0. The molecular weight excluding hydrogens is 388 g/mol. The van der Waals surface area contributed by atoms with Crippen molar-refractivity contribution in [2.24, 2.45) is 23.2 Å². The highest BCUT2D eigenvalue weighted by atomic mass is 32.2. The van der Waals surface area contributed by atoms with Crippen molar-refractivity contribution in [1.29, 1.82) is 0 Å². The second-order valence-electron chi connectivity index (χ2n) is 9.60. The number of nitrogens with one attached hydrogen (secondary N) is 1. The molecule has 5 rings (SSSR count). The topological polar surface area (TPSA) is 83.6 Å². The van der Waals surface area contributed by atoms with Crippen LogP contribution in [-0.4, -0.2) is 42.8 Å². The quantitative estimate of drug-likeness (QED) is 0.745. The third-order valence-electron chi connectivity index (χ3n) is 7.76. The van der Waals surface area contributed by atoms with Gasteiger partial charge >= 0.3 is 0 Å². The minimum atomic E-state index is -3.49. The fourth-order valence-corrected chi connectivity index (χ4v) is 7.44. The average molecular weight is 419 g/mol. The molecule has 6 nitrogen and oxygen atoms in total. The predicted octanol–water partition coefficient (Wildman–Crippen LogP) is 2.59. The zero-order chi connectivity index (χ0) is 21.0. The highest BCUT2D eigenvalue weighted by Crippen LogP contribution is 2.61. The molecule has 3 saturated carbocycles. The Bertz CT molecular complexity index is 926. The smallest absolute Gasteiger partial charge is 0.238 e. The van der Waals surface area contributed by atoms with E-state index in [1.54, 1.807) is 24.3 Å². The molecule has 2 unspecified atom stereocenters. The highest BCUT2D eigenvalue weighted by Gasteiger charge is 2.56. The summed E-state index contributed by atoms with van der Waals surface area (Å²) in [5.74, 6) is 1.43. The van der Waals surface area contributed by atoms with Crippen LogP contribution in [0.15, 0.2) is 24.3 Å². The first kappa shape index (κ1) is 20.5. The first-order valence-corrected chi connectivity index (χ1v) is 12.1. The number of carbonyl (C=O) groups is 2. The third-order valence-corrected chi connectivity index (χ3v) is 9.61. The van der Waals surface area contributed by atoms with E-state index in [-0.39, 0.29) is 24.2 Å². The van der Waals surface area contributed by atoms with Crippen molar-refractivity contribution in [2.45, 2.75) is 58.7 Å². The zero-order valence-electron chi connectivity index (χ0n) is 17.3. The molecule has 1 aromatic rings. The van der Waals surface area contributed by atoms with Crippen LogP contribution in [0.2, 0.25) is 0 Å². The first-order valence-electron chi connectivity index (χ1n) is 10.5. The molecule has 1 N–H and O–H groups in total. The Morgan fingerprint density at radius 2 is 2.07 bits per heavy atom. The molecule has 29 heavy (non-hydrogen) atoms. The van der Waals surface area contributed by atoms with Gasteiger partial charge in [-0.05, 0) is 54.1 Å². The molecule has 2 bridgehead atoms. The standard InChI is InChI=1S/C22H30N2O4S/c1-14-18-10-17(22(18,2)3)11-19(14)23-21(26)20-7-8-29(27,28)24(20)12-15-5-4-6-16(9-15)13-25/h4-6,9,13-14,17-20H,7-8,10-12H2,1-3H3,(H,23,26)/t14-,17?,18-,19-,20?/m0/s1. The summed E-state index contributed by atoms with van der Waals surface area (Å²) in [5, 5.41) is 3.18. The Balaban J connectivity index is 1.48. The molecule has 0 radical (unpaired) electrons. The van der Waals surface area contributed by atoms with Gasteiger partial charge in [-0.15, -0.1) is 0 Å². The normalized spacial score (nSPS) is 34.9. The lowest BCUT2D eigenvalue weighted by atomic mass is 9.45. The largest absolute Gasteiger partial charge is 0.352 e. The number of hydrogen-bond acceptors (Lipinski definition) is 4. The number of aldehydes is 1. The predicted molar refractivity (Wildman–Crippen MR) is 111 cm³/mol. The maximum Gasteiger partial charge on any atom is 0.238 e. The average Bonchev–Trinajstić information content (AvgIpc) is 2.97. The Morgan fingerprint density at radius 3 is 2.72 bits per heavy atom. The molecule has 7 heteroatoms. The summed E-state index contributed by atoms with van der Waals surface area (Å²) in [5.41, 5.74) is 1.55. The molecule has 0 spiro atoms. The van der Waals surface area contributed by atoms with Crippen LogP contribution in [-0.2, 0) is 21.4 Å². The van der Waals surface area contributed by atoms with E-state index in [2.05, 4.69) is 26.1 Å². The van der Waals surface area contributed by atoms with Crippen molar-refractivity contribution < 1.29 is 18.0 Å². The van der Waals surface area contributed by atoms with Crippen molar-refractivity contribution in [3.8, 4) is 0 Å². The van der Waals surface area contributed by atoms with E-state index in [1.807, 2.05) is 0 Å². The highest BCUT2D eigenvalue weighted by molar-refractivity contribution is 7.89. The number of nitrogens with zero attached hydrogens (tertiary/aromatic N) is 1. The minimum absolute atomic E-state index is 0.0169. The molecule has 5 atom stereocenters. The second kappa shape index (κ2) is 7.20. The molecule has 1 aliphatic heterocycles. The van der Waals surface area contributed by atoms with Gasteiger partial charge in [0.2, 0.25) is 15.9 Å². The van der Waals surface area contributed by atoms with E-state index in [0.29, 0.717) is 40.7 Å². The number of benzene rings is 1. The van der Waals surface area contributed by atoms with Crippen molar-refractivity contribution in [3.63, 3.8) is 0 Å². The van der Waals surface area contributed by atoms with E-state index < -0.39 is 16.1 Å². The zero-order valence-corrected chi connectivity index (χ0v) is 18.1. The van der Waals surface area contributed by atoms with E-state index in [1.165, 1.54) is 10.7 Å². The number of sulfonamides is 1. The van der Waals surface area contributed by atoms with Crippen LogP contribution in [0.25, 0.3) is 0 Å². The summed E-state index contributed by atoms with van der Waals surface area (Å²) in [6.45, 7) is 6.96. The fraction of sp³-hybridized carbons (Fsp3) is 0.636. The molecule has 1 heterocycles. The van der Waals surface area contributed by atoms with Crippen molar-refractivity contribution in [2.75, 3.05) is 5.75 Å². The Kier molecular flexibility index (Phi) is 5.10. The van der Waals surface area contributed by atoms with Crippen LogP contribution in [0, 0.1) is 23.2 Å². The molecular formula is C22H30N2O4S. The van der Waals surface area contributed by atoms with Gasteiger partial charge in [-0.3, -0.25) is 9.59 Å². The van der Waals surface area contributed by atoms with Gasteiger partial charge in [-0.2, -0.15) is 4.31 Å². The molecule has 1 saturated heterocycles. The molecule has 1 aromatic carbocycles. The van der Waals surface area contributed by atoms with Crippen molar-refractivity contribution >= 4 is 22.2 Å². The lowest BCUT2D eigenvalue weighted by Gasteiger charge is -2.62. The lowest BCUT2D eigenvalue weighted by Crippen LogP contribution is -2.61. The third kappa shape index (κ3) is 3.52. The maximum absolute atomic E-state index is 13.1. The number of hydrogen-bond donors (Lipinski definition) is 1. The summed E-state index contributed by atoms with van der Waals surface area (Å²) in [6, 6.07) is 6.30. The SMILES string of the molecule is C[C@@H]1[C@@H](NC(=O)C2CCS(=O)(=O)N2Cc2cccc(C=O)c2)CC2C[C@@H]1C2(C)C. The maximum atomic E-state index is 13.1. The van der Waals surface area contributed by atoms with Crippen LogP contribution >= 0.6 is 0 Å². The van der Waals surface area contributed by atoms with Gasteiger partial charge in [0.15, 0.2) is 0 Å². The van der Waals surface area contributed by atoms with Crippen LogP contribution in [0.1, 0.15) is 56.0 Å². The summed E-state index contributed by atoms with van der Waals surface area (Å²) < 4.78 is 26.5. The Labute approximate surface area is 173 Å².